The van der Waals surface area contributed by atoms with E-state index in [4.69, 9.17) is 13.1 Å². The minimum atomic E-state index is -4.22. The van der Waals surface area contributed by atoms with E-state index in [1.807, 2.05) is 13.8 Å². The van der Waals surface area contributed by atoms with Gasteiger partial charge in [-0.05, 0) is 45.0 Å². The maximum atomic E-state index is 12.7. The SMILES string of the molecule is Cc1ccc(S(=O)(=O)O[C@H]2[C@H](C)O[C@@H](O)C[C@@H]2OS(=O)(=O)c2ccc(C)cc2)cc1. The van der Waals surface area contributed by atoms with Gasteiger partial charge in [-0.25, -0.2) is 0 Å². The smallest absolute Gasteiger partial charge is 0.297 e. The van der Waals surface area contributed by atoms with E-state index in [2.05, 4.69) is 0 Å². The highest BCUT2D eigenvalue weighted by Crippen LogP contribution is 2.30. The molecule has 1 saturated heterocycles. The number of aryl methyl sites for hydroxylation is 2. The summed E-state index contributed by atoms with van der Waals surface area (Å²) in [5.74, 6) is 0. The standard InChI is InChI=1S/C20H24O8S2/c1-13-4-8-16(9-5-13)29(22,23)27-18-12-19(21)26-15(3)20(18)28-30(24,25)17-10-6-14(2)7-11-17/h4-11,15,18-21H,12H2,1-3H3/t15-,18-,19+,20-/m0/s1. The number of aliphatic hydroxyl groups is 1. The molecule has 4 atom stereocenters. The average Bonchev–Trinajstić information content (AvgIpc) is 2.65. The molecular formula is C20H24O8S2. The van der Waals surface area contributed by atoms with Crippen LogP contribution in [-0.2, 0) is 33.3 Å². The maximum Gasteiger partial charge on any atom is 0.297 e. The topological polar surface area (TPSA) is 116 Å². The molecule has 0 spiro atoms. The summed E-state index contributed by atoms with van der Waals surface area (Å²) in [6.07, 6.45) is -5.08. The highest BCUT2D eigenvalue weighted by atomic mass is 32.2. The van der Waals surface area contributed by atoms with Crippen molar-refractivity contribution in [1.82, 2.24) is 0 Å². The number of hydrogen-bond donors (Lipinski definition) is 1. The molecule has 0 aromatic heterocycles. The minimum Gasteiger partial charge on any atom is -0.368 e. The van der Waals surface area contributed by atoms with Gasteiger partial charge in [-0.1, -0.05) is 35.4 Å². The van der Waals surface area contributed by atoms with Gasteiger partial charge in [0.1, 0.15) is 12.2 Å². The van der Waals surface area contributed by atoms with Crippen LogP contribution in [-0.4, -0.2) is 46.5 Å². The van der Waals surface area contributed by atoms with E-state index >= 15 is 0 Å². The van der Waals surface area contributed by atoms with E-state index < -0.39 is 44.8 Å². The van der Waals surface area contributed by atoms with Crippen molar-refractivity contribution in [3.05, 3.63) is 59.7 Å². The molecule has 1 N–H and O–H groups in total. The van der Waals surface area contributed by atoms with Gasteiger partial charge < -0.3 is 9.84 Å². The fourth-order valence-electron chi connectivity index (χ4n) is 3.08. The molecule has 0 amide bonds. The number of rotatable bonds is 6. The Morgan fingerprint density at radius 1 is 0.833 bits per heavy atom. The lowest BCUT2D eigenvalue weighted by Gasteiger charge is -2.37. The fraction of sp³-hybridized carbons (Fsp3) is 0.400. The van der Waals surface area contributed by atoms with Crippen LogP contribution in [0.15, 0.2) is 58.3 Å². The highest BCUT2D eigenvalue weighted by Gasteiger charge is 2.43. The second kappa shape index (κ2) is 8.74. The Bertz CT molecular complexity index is 1080. The zero-order valence-corrected chi connectivity index (χ0v) is 18.4. The molecule has 8 nitrogen and oxygen atoms in total. The van der Waals surface area contributed by atoms with Gasteiger partial charge in [0.05, 0.1) is 15.9 Å². The van der Waals surface area contributed by atoms with E-state index in [-0.39, 0.29) is 16.2 Å². The Morgan fingerprint density at radius 3 is 1.73 bits per heavy atom. The largest absolute Gasteiger partial charge is 0.368 e. The van der Waals surface area contributed by atoms with Crippen molar-refractivity contribution in [2.24, 2.45) is 0 Å². The zero-order valence-electron chi connectivity index (χ0n) is 16.8. The van der Waals surface area contributed by atoms with Gasteiger partial charge in [0.25, 0.3) is 20.2 Å². The Morgan fingerprint density at radius 2 is 1.27 bits per heavy atom. The van der Waals surface area contributed by atoms with Crippen LogP contribution >= 0.6 is 0 Å². The molecule has 1 heterocycles. The van der Waals surface area contributed by atoms with Crippen LogP contribution in [0.5, 0.6) is 0 Å². The van der Waals surface area contributed by atoms with Crippen molar-refractivity contribution < 1.29 is 35.0 Å². The third kappa shape index (κ3) is 5.26. The molecular weight excluding hydrogens is 432 g/mol. The van der Waals surface area contributed by atoms with Crippen molar-refractivity contribution in [3.63, 3.8) is 0 Å². The lowest BCUT2D eigenvalue weighted by molar-refractivity contribution is -0.214. The molecule has 164 valence electrons. The summed E-state index contributed by atoms with van der Waals surface area (Å²) in [5, 5.41) is 9.92. The Balaban J connectivity index is 1.87. The number of aliphatic hydroxyl groups excluding tert-OH is 1. The first-order chi connectivity index (χ1) is 14.0. The zero-order chi connectivity index (χ0) is 22.1. The van der Waals surface area contributed by atoms with Crippen LogP contribution in [0.25, 0.3) is 0 Å². The summed E-state index contributed by atoms with van der Waals surface area (Å²) in [5.41, 5.74) is 1.74. The summed E-state index contributed by atoms with van der Waals surface area (Å²) in [4.78, 5) is -0.159. The lowest BCUT2D eigenvalue weighted by Crippen LogP contribution is -2.50. The number of benzene rings is 2. The molecule has 30 heavy (non-hydrogen) atoms. The van der Waals surface area contributed by atoms with Gasteiger partial charge in [0.15, 0.2) is 6.29 Å². The molecule has 0 aliphatic carbocycles. The predicted molar refractivity (Wildman–Crippen MR) is 108 cm³/mol. The maximum absolute atomic E-state index is 12.7. The van der Waals surface area contributed by atoms with Crippen molar-refractivity contribution in [2.75, 3.05) is 0 Å². The molecule has 1 fully saturated rings. The monoisotopic (exact) mass is 456 g/mol. The molecule has 0 radical (unpaired) electrons. The van der Waals surface area contributed by atoms with E-state index in [0.29, 0.717) is 0 Å². The first-order valence-corrected chi connectivity index (χ1v) is 12.1. The second-order valence-corrected chi connectivity index (χ2v) is 10.4. The molecule has 1 aliphatic heterocycles. The van der Waals surface area contributed by atoms with Crippen LogP contribution in [0.4, 0.5) is 0 Å². The van der Waals surface area contributed by atoms with Gasteiger partial charge in [-0.15, -0.1) is 0 Å². The van der Waals surface area contributed by atoms with Crippen LogP contribution < -0.4 is 0 Å². The van der Waals surface area contributed by atoms with Crippen LogP contribution in [0.3, 0.4) is 0 Å². The molecule has 0 bridgehead atoms. The molecule has 3 rings (SSSR count). The minimum absolute atomic E-state index is 0.0773. The number of ether oxygens (including phenoxy) is 1. The molecule has 1 aliphatic rings. The fourth-order valence-corrected chi connectivity index (χ4v) is 5.33. The summed E-state index contributed by atoms with van der Waals surface area (Å²) in [6.45, 7) is 5.11. The van der Waals surface area contributed by atoms with Gasteiger partial charge in [0, 0.05) is 6.42 Å². The van der Waals surface area contributed by atoms with Gasteiger partial charge in [-0.3, -0.25) is 8.37 Å². The summed E-state index contributed by atoms with van der Waals surface area (Å²) < 4.78 is 66.7. The van der Waals surface area contributed by atoms with Crippen molar-refractivity contribution in [2.45, 2.75) is 61.6 Å². The van der Waals surface area contributed by atoms with Gasteiger partial charge in [-0.2, -0.15) is 16.8 Å². The van der Waals surface area contributed by atoms with E-state index in [0.717, 1.165) is 11.1 Å². The Hall–Kier alpha value is -1.82. The Labute approximate surface area is 176 Å². The summed E-state index contributed by atoms with van der Waals surface area (Å²) >= 11 is 0. The first-order valence-electron chi connectivity index (χ1n) is 9.31. The third-order valence-corrected chi connectivity index (χ3v) is 7.42. The van der Waals surface area contributed by atoms with E-state index in [1.165, 1.54) is 31.2 Å². The normalized spacial score (nSPS) is 25.2. The van der Waals surface area contributed by atoms with Crippen molar-refractivity contribution in [3.8, 4) is 0 Å². The lowest BCUT2D eigenvalue weighted by atomic mass is 10.0. The summed E-state index contributed by atoms with van der Waals surface area (Å²) in [6, 6.07) is 12.1. The van der Waals surface area contributed by atoms with E-state index in [1.54, 1.807) is 24.3 Å². The van der Waals surface area contributed by atoms with E-state index in [9.17, 15) is 21.9 Å². The average molecular weight is 457 g/mol. The quantitative estimate of drug-likeness (QED) is 0.658. The first kappa shape index (κ1) is 22.9. The van der Waals surface area contributed by atoms with Gasteiger partial charge in [0.2, 0.25) is 0 Å². The molecule has 2 aromatic carbocycles. The van der Waals surface area contributed by atoms with Crippen LogP contribution in [0.2, 0.25) is 0 Å². The second-order valence-electron chi connectivity index (χ2n) is 7.26. The molecule has 0 saturated carbocycles. The molecule has 2 aromatic rings. The molecule has 10 heteroatoms. The number of hydrogen-bond acceptors (Lipinski definition) is 8. The highest BCUT2D eigenvalue weighted by molar-refractivity contribution is 7.87. The Kier molecular flexibility index (Phi) is 6.66. The van der Waals surface area contributed by atoms with Crippen molar-refractivity contribution >= 4 is 20.2 Å². The van der Waals surface area contributed by atoms with Crippen LogP contribution in [0, 0.1) is 13.8 Å². The van der Waals surface area contributed by atoms with Crippen molar-refractivity contribution in [1.29, 1.82) is 0 Å². The predicted octanol–water partition coefficient (Wildman–Crippen LogP) is 2.28. The van der Waals surface area contributed by atoms with Crippen LogP contribution in [0.1, 0.15) is 24.5 Å². The molecule has 0 unspecified atom stereocenters. The van der Waals surface area contributed by atoms with Gasteiger partial charge >= 0.3 is 0 Å². The third-order valence-electron chi connectivity index (χ3n) is 4.74. The summed E-state index contributed by atoms with van der Waals surface area (Å²) in [7, 11) is -8.45.